The number of ketones is 1. The van der Waals surface area contributed by atoms with E-state index in [9.17, 15) is 9.90 Å². The van der Waals surface area contributed by atoms with Crippen molar-refractivity contribution in [3.05, 3.63) is 34.9 Å². The highest BCUT2D eigenvalue weighted by atomic mass is 35.5. The van der Waals surface area contributed by atoms with Crippen LogP contribution >= 0.6 is 11.6 Å². The molecule has 0 saturated heterocycles. The van der Waals surface area contributed by atoms with Crippen molar-refractivity contribution in [1.29, 1.82) is 0 Å². The van der Waals surface area contributed by atoms with Crippen LogP contribution in [0.25, 0.3) is 0 Å². The Balaban J connectivity index is 2.60. The van der Waals surface area contributed by atoms with Gasteiger partial charge < -0.3 is 10.8 Å². The van der Waals surface area contributed by atoms with E-state index in [0.717, 1.165) is 0 Å². The van der Waals surface area contributed by atoms with Gasteiger partial charge in [0, 0.05) is 17.0 Å². The molecule has 2 atom stereocenters. The van der Waals surface area contributed by atoms with E-state index >= 15 is 0 Å². The molecule has 5 heteroatoms. The van der Waals surface area contributed by atoms with Gasteiger partial charge >= 0.3 is 0 Å². The van der Waals surface area contributed by atoms with E-state index in [-0.39, 0.29) is 5.78 Å². The van der Waals surface area contributed by atoms with Crippen molar-refractivity contribution in [2.45, 2.75) is 30.3 Å². The van der Waals surface area contributed by atoms with E-state index in [4.69, 9.17) is 17.3 Å². The maximum atomic E-state index is 12.1. The van der Waals surface area contributed by atoms with Crippen molar-refractivity contribution in [1.82, 2.24) is 0 Å². The Morgan fingerprint density at radius 1 is 1.41 bits per heavy atom. The van der Waals surface area contributed by atoms with Gasteiger partial charge in [-0.1, -0.05) is 29.8 Å². The summed E-state index contributed by atoms with van der Waals surface area (Å²) < 4.78 is 0. The molecule has 3 N–H and O–H groups in total. The van der Waals surface area contributed by atoms with Gasteiger partial charge in [-0.3, -0.25) is 4.79 Å². The molecule has 0 aliphatic heterocycles. The average molecular weight is 252 g/mol. The molecule has 1 aliphatic rings. The van der Waals surface area contributed by atoms with Gasteiger partial charge in [-0.05, 0) is 18.9 Å². The smallest absolute Gasteiger partial charge is 0.159 e. The lowest BCUT2D eigenvalue weighted by atomic mass is 9.56. The van der Waals surface area contributed by atoms with Crippen LogP contribution in [0.2, 0.25) is 5.02 Å². The lowest BCUT2D eigenvalue weighted by Gasteiger charge is -2.45. The Morgan fingerprint density at radius 3 is 2.65 bits per heavy atom. The molecule has 2 unspecified atom stereocenters. The van der Waals surface area contributed by atoms with Crippen LogP contribution in [0.4, 0.5) is 0 Å². The summed E-state index contributed by atoms with van der Waals surface area (Å²) in [5.41, 5.74) is 4.07. The normalized spacial score (nSPS) is 33.7. The minimum absolute atomic E-state index is 0.151. The van der Waals surface area contributed by atoms with Crippen LogP contribution in [0.3, 0.4) is 0 Å². The summed E-state index contributed by atoms with van der Waals surface area (Å²) in [4.78, 5) is 12.1. The predicted molar refractivity (Wildman–Crippen MR) is 69.7 cm³/mol. The molecule has 17 heavy (non-hydrogen) atoms. The summed E-state index contributed by atoms with van der Waals surface area (Å²) in [6, 6.07) is 6.94. The molecular weight excluding hydrogens is 236 g/mol. The topological polar surface area (TPSA) is 63.3 Å². The van der Waals surface area contributed by atoms with Crippen LogP contribution in [0.5, 0.6) is 0 Å². The molecule has 0 bridgehead atoms. The zero-order valence-corrected chi connectivity index (χ0v) is 10.5. The number of hydrogen-bond donors (Lipinski definition) is 2. The van der Waals surface area contributed by atoms with E-state index in [2.05, 4.69) is 0 Å². The molecule has 3 nitrogen and oxygen atoms in total. The minimum Gasteiger partial charge on any atom is -0.396 e. The van der Waals surface area contributed by atoms with Gasteiger partial charge in [-0.2, -0.15) is 0 Å². The van der Waals surface area contributed by atoms with Crippen LogP contribution in [-0.4, -0.2) is 24.2 Å². The predicted octanol–water partition coefficient (Wildman–Crippen LogP) is 0.569. The lowest BCUT2D eigenvalue weighted by Crippen LogP contribution is -2.65. The lowest BCUT2D eigenvalue weighted by molar-refractivity contribution is -0.135. The first-order valence-electron chi connectivity index (χ1n) is 5.69. The van der Waals surface area contributed by atoms with Crippen molar-refractivity contribution < 1.29 is 9.90 Å². The number of hydrogen-bond acceptors (Lipinski definition) is 3. The number of carbonyl (C=O) groups is 1. The van der Waals surface area contributed by atoms with Gasteiger partial charge in [0.2, 0.25) is 0 Å². The average Bonchev–Trinajstić information content (AvgIpc) is 2.26. The minimum atomic E-state index is -1.40. The number of rotatable bonds is 1. The summed E-state index contributed by atoms with van der Waals surface area (Å²) in [6.45, 7) is 0. The van der Waals surface area contributed by atoms with Crippen LogP contribution in [-0.2, 0) is 10.3 Å². The van der Waals surface area contributed by atoms with E-state index in [1.54, 1.807) is 32.1 Å². The molecule has 1 aliphatic carbocycles. The second-order valence-corrected chi connectivity index (χ2v) is 5.25. The van der Waals surface area contributed by atoms with Crippen molar-refractivity contribution >= 4 is 25.2 Å². The van der Waals surface area contributed by atoms with Gasteiger partial charge in [0.1, 0.15) is 13.4 Å². The Hall–Kier alpha value is -0.835. The maximum Gasteiger partial charge on any atom is 0.159 e. The number of aliphatic hydroxyl groups is 1. The first-order valence-corrected chi connectivity index (χ1v) is 6.07. The van der Waals surface area contributed by atoms with Crippen LogP contribution in [0.15, 0.2) is 24.3 Å². The third-order valence-corrected chi connectivity index (χ3v) is 3.99. The third kappa shape index (κ3) is 1.80. The number of Topliss-reactive ketones (excluding diaryl/α,β-unsaturated/α-hetero) is 1. The largest absolute Gasteiger partial charge is 0.396 e. The van der Waals surface area contributed by atoms with Gasteiger partial charge in [0.15, 0.2) is 5.78 Å². The van der Waals surface area contributed by atoms with Gasteiger partial charge in [0.05, 0.1) is 5.50 Å². The Bertz CT molecular complexity index is 464. The van der Waals surface area contributed by atoms with Crippen molar-refractivity contribution in [2.75, 3.05) is 0 Å². The molecule has 1 aromatic rings. The van der Waals surface area contributed by atoms with Crippen molar-refractivity contribution in [3.63, 3.8) is 0 Å². The quantitative estimate of drug-likeness (QED) is 0.717. The highest BCUT2D eigenvalue weighted by Crippen LogP contribution is 2.41. The molecule has 1 fully saturated rings. The molecule has 0 radical (unpaired) electrons. The highest BCUT2D eigenvalue weighted by Gasteiger charge is 2.53. The Morgan fingerprint density at radius 2 is 2.06 bits per heavy atom. The zero-order valence-electron chi connectivity index (χ0n) is 9.74. The number of nitrogens with two attached hydrogens (primary N) is 1. The molecule has 0 aromatic heterocycles. The van der Waals surface area contributed by atoms with E-state index < -0.39 is 11.0 Å². The van der Waals surface area contributed by atoms with Gasteiger partial charge in [-0.15, -0.1) is 0 Å². The van der Waals surface area contributed by atoms with Crippen molar-refractivity contribution in [2.24, 2.45) is 5.73 Å². The molecule has 1 saturated carbocycles. The van der Waals surface area contributed by atoms with Crippen LogP contribution < -0.4 is 5.73 Å². The first-order chi connectivity index (χ1) is 7.89. The summed E-state index contributed by atoms with van der Waals surface area (Å²) in [5.74, 6) is -0.151. The SMILES string of the molecule is BC1(O)CCCC(=O)C1(N)c1ccccc1Cl. The molecule has 2 rings (SSSR count). The Kier molecular flexibility index (Phi) is 3.06. The summed E-state index contributed by atoms with van der Waals surface area (Å²) in [5, 5.41) is 10.9. The fourth-order valence-corrected chi connectivity index (χ4v) is 2.79. The molecular formula is C12H15BClNO2. The standard InChI is InChI=1S/C12H15BClNO2/c13-11(17)7-3-6-10(16)12(11,15)8-4-1-2-5-9(8)14/h1-2,4-5,17H,3,6-7,13,15H2. The second kappa shape index (κ2) is 4.12. The summed E-state index contributed by atoms with van der Waals surface area (Å²) in [7, 11) is 1.60. The monoisotopic (exact) mass is 251 g/mol. The van der Waals surface area contributed by atoms with Crippen LogP contribution in [0, 0.1) is 0 Å². The Labute approximate surface area is 106 Å². The number of carbonyl (C=O) groups excluding carboxylic acids is 1. The third-order valence-electron chi connectivity index (χ3n) is 3.66. The summed E-state index contributed by atoms with van der Waals surface area (Å²) in [6.07, 6.45) is 1.55. The summed E-state index contributed by atoms with van der Waals surface area (Å²) >= 11 is 6.10. The van der Waals surface area contributed by atoms with Gasteiger partial charge in [-0.25, -0.2) is 0 Å². The van der Waals surface area contributed by atoms with Crippen molar-refractivity contribution in [3.8, 4) is 0 Å². The first kappa shape index (κ1) is 12.6. The molecule has 0 spiro atoms. The zero-order chi connectivity index (χ0) is 12.7. The van der Waals surface area contributed by atoms with E-state index in [1.165, 1.54) is 0 Å². The van der Waals surface area contributed by atoms with E-state index in [1.807, 2.05) is 0 Å². The molecule has 1 aromatic carbocycles. The highest BCUT2D eigenvalue weighted by molar-refractivity contribution is 6.32. The van der Waals surface area contributed by atoms with E-state index in [0.29, 0.717) is 29.8 Å². The fraction of sp³-hybridized carbons (Fsp3) is 0.417. The molecule has 0 amide bonds. The fourth-order valence-electron chi connectivity index (χ4n) is 2.51. The molecule has 0 heterocycles. The maximum absolute atomic E-state index is 12.1. The number of benzene rings is 1. The molecule has 90 valence electrons. The second-order valence-electron chi connectivity index (χ2n) is 4.84. The van der Waals surface area contributed by atoms with Crippen LogP contribution in [0.1, 0.15) is 24.8 Å². The van der Waals surface area contributed by atoms with Gasteiger partial charge in [0.25, 0.3) is 0 Å². The number of halogens is 1.